The highest BCUT2D eigenvalue weighted by molar-refractivity contribution is 6.03. The maximum Gasteiger partial charge on any atom is 0.412 e. The zero-order chi connectivity index (χ0) is 43.9. The van der Waals surface area contributed by atoms with Gasteiger partial charge in [0.1, 0.15) is 24.7 Å². The molecule has 3 aliphatic rings. The smallest absolute Gasteiger partial charge is 0.412 e. The van der Waals surface area contributed by atoms with E-state index >= 15 is 0 Å². The Morgan fingerprint density at radius 3 is 2.30 bits per heavy atom. The highest BCUT2D eigenvalue weighted by atomic mass is 16.7. The molecule has 2 aliphatic carbocycles. The van der Waals surface area contributed by atoms with E-state index < -0.39 is 29.9 Å². The van der Waals surface area contributed by atoms with Crippen molar-refractivity contribution in [1.29, 1.82) is 0 Å². The number of oxime groups is 1. The van der Waals surface area contributed by atoms with Crippen molar-refractivity contribution in [2.75, 3.05) is 67.0 Å². The van der Waals surface area contributed by atoms with E-state index in [0.29, 0.717) is 36.6 Å². The molecule has 0 bridgehead atoms. The normalized spacial score (nSPS) is 23.3. The fourth-order valence-electron chi connectivity index (χ4n) is 9.59. The molecule has 4 rings (SSSR count). The van der Waals surface area contributed by atoms with Crippen LogP contribution in [0.25, 0.3) is 0 Å². The van der Waals surface area contributed by atoms with E-state index in [-0.39, 0.29) is 70.4 Å². The lowest BCUT2D eigenvalue weighted by Gasteiger charge is -2.59. The van der Waals surface area contributed by atoms with Gasteiger partial charge in [-0.2, -0.15) is 0 Å². The Bertz CT molecular complexity index is 1540. The SMILES string of the molecule is C=CCOC12Oc3ccc(OC(=O)NCCCCCCCCCCCC)cc3C3C(CCCCO)C(CCCCO)C=C(C(=NOC)CC1N(CCOCCO)C(=O)OC)C32. The van der Waals surface area contributed by atoms with Crippen LogP contribution in [0.4, 0.5) is 9.59 Å². The van der Waals surface area contributed by atoms with Crippen molar-refractivity contribution >= 4 is 17.9 Å². The molecule has 4 N–H and O–H groups in total. The number of aliphatic hydroxyl groups excluding tert-OH is 3. The number of hydrogen-bond donors (Lipinski definition) is 4. The van der Waals surface area contributed by atoms with Crippen LogP contribution in [-0.4, -0.2) is 117 Å². The highest BCUT2D eigenvalue weighted by Gasteiger charge is 2.65. The number of nitrogens with one attached hydrogen (secondary N) is 1. The van der Waals surface area contributed by atoms with Crippen molar-refractivity contribution in [3.05, 3.63) is 48.1 Å². The summed E-state index contributed by atoms with van der Waals surface area (Å²) in [5, 5.41) is 36.6. The molecule has 0 saturated heterocycles. The monoisotopic (exact) mass is 858 g/mol. The quantitative estimate of drug-likeness (QED) is 0.0335. The second kappa shape index (κ2) is 27.4. The summed E-state index contributed by atoms with van der Waals surface area (Å²) in [7, 11) is 2.82. The van der Waals surface area contributed by atoms with Crippen LogP contribution >= 0.6 is 0 Å². The van der Waals surface area contributed by atoms with E-state index in [1.54, 1.807) is 17.0 Å². The summed E-state index contributed by atoms with van der Waals surface area (Å²) in [4.78, 5) is 34.0. The lowest BCUT2D eigenvalue weighted by Crippen LogP contribution is -2.70. The Kier molecular flexibility index (Phi) is 22.4. The van der Waals surface area contributed by atoms with Crippen LogP contribution in [0.5, 0.6) is 11.5 Å². The van der Waals surface area contributed by atoms with Gasteiger partial charge < -0.3 is 49.2 Å². The Balaban J connectivity index is 1.73. The lowest BCUT2D eigenvalue weighted by atomic mass is 9.55. The predicted molar refractivity (Wildman–Crippen MR) is 235 cm³/mol. The predicted octanol–water partition coefficient (Wildman–Crippen LogP) is 8.04. The minimum absolute atomic E-state index is 0.00391. The first kappa shape index (κ1) is 50.0. The molecule has 14 nitrogen and oxygen atoms in total. The average Bonchev–Trinajstić information content (AvgIpc) is 3.26. The Morgan fingerprint density at radius 1 is 0.934 bits per heavy atom. The number of carbonyl (C=O) groups excluding carboxylic acids is 2. The summed E-state index contributed by atoms with van der Waals surface area (Å²) in [6.07, 6.45) is 19.4. The van der Waals surface area contributed by atoms with Gasteiger partial charge in [0.15, 0.2) is 0 Å². The maximum absolute atomic E-state index is 13.8. The third-order valence-electron chi connectivity index (χ3n) is 12.4. The third kappa shape index (κ3) is 13.9. The van der Waals surface area contributed by atoms with Crippen molar-refractivity contribution in [1.82, 2.24) is 10.2 Å². The minimum Gasteiger partial charge on any atom is -0.459 e. The highest BCUT2D eigenvalue weighted by Crippen LogP contribution is 2.62. The molecule has 6 unspecified atom stereocenters. The number of unbranched alkanes of at least 4 members (excludes halogenated alkanes) is 11. The summed E-state index contributed by atoms with van der Waals surface area (Å²) in [5.74, 6) is -1.36. The van der Waals surface area contributed by atoms with Crippen molar-refractivity contribution in [2.24, 2.45) is 22.9 Å². The van der Waals surface area contributed by atoms with Gasteiger partial charge in [-0.15, -0.1) is 6.58 Å². The van der Waals surface area contributed by atoms with Gasteiger partial charge in [0.05, 0.1) is 45.2 Å². The average molecular weight is 858 g/mol. The van der Waals surface area contributed by atoms with Gasteiger partial charge >= 0.3 is 12.2 Å². The van der Waals surface area contributed by atoms with E-state index in [2.05, 4.69) is 30.1 Å². The fraction of sp³-hybridized carbons (Fsp3) is 0.723. The standard InChI is InChI=1S/C47H75N3O11/c1-5-7-8-9-10-11-12-13-14-17-24-48-45(54)60-36-22-23-41-39(33-36)43-37(21-16-19-27-52)35(20-15-18-26-51)32-38-40(49-57-4)34-42(47(61-41,44(38)43)59-29-6-2)50(46(55)56-3)25-30-58-31-28-53/h6,22-23,32-33,35,37,42-44,51-53H,2,5,7-21,24-31,34H2,1,3-4H3,(H,48,54). The second-order valence-corrected chi connectivity index (χ2v) is 16.5. The molecule has 0 radical (unpaired) electrons. The molecular weight excluding hydrogens is 783 g/mol. The van der Waals surface area contributed by atoms with Gasteiger partial charge in [-0.1, -0.05) is 94.9 Å². The first-order valence-electron chi connectivity index (χ1n) is 22.9. The summed E-state index contributed by atoms with van der Waals surface area (Å²) in [6.45, 7) is 7.13. The van der Waals surface area contributed by atoms with Crippen molar-refractivity contribution < 1.29 is 53.4 Å². The van der Waals surface area contributed by atoms with E-state index in [4.69, 9.17) is 28.5 Å². The lowest BCUT2D eigenvalue weighted by molar-refractivity contribution is -0.255. The molecule has 61 heavy (non-hydrogen) atoms. The zero-order valence-corrected chi connectivity index (χ0v) is 37.2. The number of methoxy groups -OCH3 is 1. The number of fused-ring (bicyclic) bond motifs is 2. The van der Waals surface area contributed by atoms with Gasteiger partial charge in [0.2, 0.25) is 5.79 Å². The van der Waals surface area contributed by atoms with E-state index in [0.717, 1.165) is 56.1 Å². The van der Waals surface area contributed by atoms with Crippen molar-refractivity contribution in [3.63, 3.8) is 0 Å². The van der Waals surface area contributed by atoms with Crippen LogP contribution in [0.3, 0.4) is 0 Å². The molecule has 6 atom stereocenters. The minimum atomic E-state index is -1.48. The van der Waals surface area contributed by atoms with E-state index in [1.165, 1.54) is 59.2 Å². The first-order valence-corrected chi connectivity index (χ1v) is 22.9. The molecule has 2 amide bonds. The number of allylic oxidation sites excluding steroid dienone is 1. The molecule has 1 aliphatic heterocycles. The third-order valence-corrected chi connectivity index (χ3v) is 12.4. The van der Waals surface area contributed by atoms with Gasteiger partial charge in [-0.3, -0.25) is 4.90 Å². The molecule has 1 saturated carbocycles. The Hall–Kier alpha value is -3.69. The number of benzene rings is 1. The summed E-state index contributed by atoms with van der Waals surface area (Å²) in [6, 6.07) is 4.63. The largest absolute Gasteiger partial charge is 0.459 e. The second-order valence-electron chi connectivity index (χ2n) is 16.5. The number of rotatable bonds is 30. The van der Waals surface area contributed by atoms with Crippen LogP contribution in [0.15, 0.2) is 47.7 Å². The number of ether oxygens (including phenoxy) is 5. The Morgan fingerprint density at radius 2 is 1.64 bits per heavy atom. The van der Waals surface area contributed by atoms with E-state index in [9.17, 15) is 24.9 Å². The molecule has 1 aromatic carbocycles. The molecule has 1 heterocycles. The van der Waals surface area contributed by atoms with Crippen LogP contribution in [-0.2, 0) is 19.0 Å². The van der Waals surface area contributed by atoms with E-state index in [1.807, 2.05) is 12.1 Å². The van der Waals surface area contributed by atoms with Gasteiger partial charge in [0.25, 0.3) is 0 Å². The van der Waals surface area contributed by atoms with Crippen LogP contribution in [0.1, 0.15) is 128 Å². The van der Waals surface area contributed by atoms with Crippen molar-refractivity contribution in [2.45, 2.75) is 134 Å². The van der Waals surface area contributed by atoms with Crippen LogP contribution in [0, 0.1) is 17.8 Å². The molecule has 14 heteroatoms. The van der Waals surface area contributed by atoms with Crippen LogP contribution in [0.2, 0.25) is 0 Å². The molecule has 0 spiro atoms. The molecule has 1 fully saturated rings. The zero-order valence-electron chi connectivity index (χ0n) is 37.2. The summed E-state index contributed by atoms with van der Waals surface area (Å²) >= 11 is 0. The van der Waals surface area contributed by atoms with Gasteiger partial charge in [-0.25, -0.2) is 9.59 Å². The molecule has 344 valence electrons. The summed E-state index contributed by atoms with van der Waals surface area (Å²) < 4.78 is 31.0. The molecule has 0 aromatic heterocycles. The number of nitrogens with zero attached hydrogens (tertiary/aromatic N) is 2. The summed E-state index contributed by atoms with van der Waals surface area (Å²) in [5.41, 5.74) is 2.35. The van der Waals surface area contributed by atoms with Gasteiger partial charge in [-0.05, 0) is 67.7 Å². The first-order chi connectivity index (χ1) is 29.8. The number of amides is 2. The van der Waals surface area contributed by atoms with Gasteiger partial charge in [0, 0.05) is 44.2 Å². The Labute approximate surface area is 364 Å². The van der Waals surface area contributed by atoms with Crippen LogP contribution < -0.4 is 14.8 Å². The number of hydrogen-bond acceptors (Lipinski definition) is 12. The number of carbonyl (C=O) groups is 2. The maximum atomic E-state index is 13.8. The molecule has 1 aromatic rings. The van der Waals surface area contributed by atoms with Crippen molar-refractivity contribution in [3.8, 4) is 11.5 Å². The topological polar surface area (TPSA) is 178 Å². The number of aliphatic hydroxyl groups is 3. The molecular formula is C47H75N3O11. The fourth-order valence-corrected chi connectivity index (χ4v) is 9.59.